The summed E-state index contributed by atoms with van der Waals surface area (Å²) in [6.07, 6.45) is 13.4. The highest BCUT2D eigenvalue weighted by molar-refractivity contribution is 7.99. The summed E-state index contributed by atoms with van der Waals surface area (Å²) >= 11 is 9.32. The minimum absolute atomic E-state index is 0.260. The van der Waals surface area contributed by atoms with Crippen LogP contribution >= 0.6 is 12.2 Å². The molecule has 16 heavy (non-hydrogen) atoms. The number of hydrogen-bond acceptors (Lipinski definition) is 3. The van der Waals surface area contributed by atoms with E-state index in [1.54, 1.807) is 0 Å². The molecule has 0 fully saturated rings. The van der Waals surface area contributed by atoms with Gasteiger partial charge in [0.15, 0.2) is 0 Å². The Morgan fingerprint density at radius 3 is 1.75 bits per heavy atom. The molecule has 0 bridgehead atoms. The Hall–Kier alpha value is 0.110. The zero-order valence-corrected chi connectivity index (χ0v) is 12.1. The van der Waals surface area contributed by atoms with Gasteiger partial charge in [-0.1, -0.05) is 64.7 Å². The standard InChI is InChI=1S/C13H26OS2/c1-2-3-4-5-6-7-8-9-10-11-12-14-13(15)16/h2-12H2,1H3,(H,15,16)/p-1. The van der Waals surface area contributed by atoms with Gasteiger partial charge >= 0.3 is 0 Å². The average molecular weight is 261 g/mol. The summed E-state index contributed by atoms with van der Waals surface area (Å²) in [6.45, 7) is 2.97. The molecule has 1 nitrogen and oxygen atoms in total. The Labute approximate surface area is 112 Å². The Bertz CT molecular complexity index is 160. The lowest BCUT2D eigenvalue weighted by Crippen LogP contribution is -1.98. The van der Waals surface area contributed by atoms with Crippen molar-refractivity contribution in [3.63, 3.8) is 0 Å². The molecule has 0 unspecified atom stereocenters. The highest BCUT2D eigenvalue weighted by Crippen LogP contribution is 2.10. The molecule has 0 aliphatic rings. The molecule has 0 radical (unpaired) electrons. The number of rotatable bonds is 11. The number of thiocarbonyl (C=S) groups is 1. The molecule has 0 heterocycles. The Kier molecular flexibility index (Phi) is 13.3. The lowest BCUT2D eigenvalue weighted by atomic mass is 10.1. The molecular formula is C13H25OS2-. The number of hydrogen-bond donors (Lipinski definition) is 0. The van der Waals surface area contributed by atoms with Crippen LogP contribution < -0.4 is 0 Å². The number of ether oxygens (including phenoxy) is 1. The minimum Gasteiger partial charge on any atom is -0.514 e. The molecule has 0 amide bonds. The summed E-state index contributed by atoms with van der Waals surface area (Å²) in [5.74, 6) is 0. The van der Waals surface area contributed by atoms with E-state index in [2.05, 4.69) is 31.8 Å². The Morgan fingerprint density at radius 1 is 0.875 bits per heavy atom. The fourth-order valence-electron chi connectivity index (χ4n) is 1.75. The topological polar surface area (TPSA) is 9.23 Å². The normalized spacial score (nSPS) is 10.3. The zero-order valence-electron chi connectivity index (χ0n) is 10.5. The predicted octanol–water partition coefficient (Wildman–Crippen LogP) is 4.76. The lowest BCUT2D eigenvalue weighted by molar-refractivity contribution is 0.308. The summed E-state index contributed by atoms with van der Waals surface area (Å²) in [7, 11) is 0. The first-order valence-electron chi connectivity index (χ1n) is 6.61. The first-order valence-corrected chi connectivity index (χ1v) is 7.42. The van der Waals surface area contributed by atoms with Gasteiger partial charge in [0.25, 0.3) is 0 Å². The van der Waals surface area contributed by atoms with E-state index in [0.717, 1.165) is 6.42 Å². The predicted molar refractivity (Wildman–Crippen MR) is 77.8 cm³/mol. The van der Waals surface area contributed by atoms with Crippen LogP contribution in [0.3, 0.4) is 0 Å². The monoisotopic (exact) mass is 261 g/mol. The van der Waals surface area contributed by atoms with Crippen LogP contribution in [-0.2, 0) is 17.4 Å². The van der Waals surface area contributed by atoms with E-state index < -0.39 is 0 Å². The van der Waals surface area contributed by atoms with Gasteiger partial charge < -0.3 is 29.6 Å². The lowest BCUT2D eigenvalue weighted by Gasteiger charge is -2.08. The van der Waals surface area contributed by atoms with Crippen LogP contribution in [0.4, 0.5) is 0 Å². The van der Waals surface area contributed by atoms with Crippen LogP contribution in [0.25, 0.3) is 0 Å². The molecule has 0 atom stereocenters. The van der Waals surface area contributed by atoms with Crippen LogP contribution in [0.15, 0.2) is 0 Å². The van der Waals surface area contributed by atoms with Crippen molar-refractivity contribution < 1.29 is 4.74 Å². The van der Waals surface area contributed by atoms with Gasteiger partial charge in [-0.25, -0.2) is 0 Å². The van der Waals surface area contributed by atoms with Crippen LogP contribution in [-0.4, -0.2) is 11.0 Å². The minimum atomic E-state index is 0.260. The molecule has 0 spiro atoms. The van der Waals surface area contributed by atoms with E-state index in [9.17, 15) is 0 Å². The largest absolute Gasteiger partial charge is 0.514 e. The van der Waals surface area contributed by atoms with Crippen LogP contribution in [0.5, 0.6) is 0 Å². The van der Waals surface area contributed by atoms with Crippen molar-refractivity contribution in [2.75, 3.05) is 6.61 Å². The van der Waals surface area contributed by atoms with E-state index in [4.69, 9.17) is 4.74 Å². The van der Waals surface area contributed by atoms with Crippen molar-refractivity contribution in [1.29, 1.82) is 0 Å². The molecule has 0 aromatic carbocycles. The Morgan fingerprint density at radius 2 is 1.31 bits per heavy atom. The summed E-state index contributed by atoms with van der Waals surface area (Å²) in [6, 6.07) is 0. The molecule has 0 saturated heterocycles. The smallest absolute Gasteiger partial charge is 0.0858 e. The van der Waals surface area contributed by atoms with Crippen LogP contribution in [0.1, 0.15) is 71.1 Å². The second kappa shape index (κ2) is 13.2. The maximum atomic E-state index is 5.06. The summed E-state index contributed by atoms with van der Waals surface area (Å²) in [5, 5.41) is 0. The van der Waals surface area contributed by atoms with Gasteiger partial charge in [-0.15, -0.1) is 0 Å². The molecule has 3 heteroatoms. The van der Waals surface area contributed by atoms with Gasteiger partial charge in [0.05, 0.1) is 6.61 Å². The van der Waals surface area contributed by atoms with Gasteiger partial charge in [0, 0.05) is 4.38 Å². The zero-order chi connectivity index (χ0) is 12.1. The van der Waals surface area contributed by atoms with Crippen molar-refractivity contribution in [2.45, 2.75) is 71.1 Å². The molecule has 0 saturated carbocycles. The van der Waals surface area contributed by atoms with E-state index in [-0.39, 0.29) is 4.38 Å². The first-order chi connectivity index (χ1) is 7.77. The third-order valence-corrected chi connectivity index (χ3v) is 2.95. The molecular weight excluding hydrogens is 236 g/mol. The summed E-state index contributed by atoms with van der Waals surface area (Å²) in [4.78, 5) is 0. The van der Waals surface area contributed by atoms with Crippen LogP contribution in [0.2, 0.25) is 0 Å². The number of unbranched alkanes of at least 4 members (excludes halogenated alkanes) is 9. The van der Waals surface area contributed by atoms with Gasteiger partial charge in [-0.2, -0.15) is 0 Å². The molecule has 0 aliphatic heterocycles. The second-order valence-electron chi connectivity index (χ2n) is 4.28. The SMILES string of the molecule is CCCCCCCCCCCCOC(=S)[S-]. The maximum Gasteiger partial charge on any atom is 0.0858 e. The second-order valence-corrected chi connectivity index (χ2v) is 5.28. The quantitative estimate of drug-likeness (QED) is 0.301. The fourth-order valence-corrected chi connectivity index (χ4v) is 1.91. The highest BCUT2D eigenvalue weighted by Gasteiger charge is 1.92. The molecule has 96 valence electrons. The summed E-state index contributed by atoms with van der Waals surface area (Å²) in [5.41, 5.74) is 0. The molecule has 0 aromatic rings. The maximum absolute atomic E-state index is 5.06. The molecule has 0 N–H and O–H groups in total. The third-order valence-electron chi connectivity index (χ3n) is 2.72. The molecule has 0 aromatic heterocycles. The van der Waals surface area contributed by atoms with Gasteiger partial charge in [-0.3, -0.25) is 0 Å². The van der Waals surface area contributed by atoms with Gasteiger partial charge in [0.1, 0.15) is 0 Å². The van der Waals surface area contributed by atoms with Crippen molar-refractivity contribution in [3.8, 4) is 0 Å². The van der Waals surface area contributed by atoms with E-state index >= 15 is 0 Å². The summed E-state index contributed by atoms with van der Waals surface area (Å²) < 4.78 is 5.32. The van der Waals surface area contributed by atoms with E-state index in [1.165, 1.54) is 57.8 Å². The third kappa shape index (κ3) is 14.1. The van der Waals surface area contributed by atoms with Crippen molar-refractivity contribution in [1.82, 2.24) is 0 Å². The fraction of sp³-hybridized carbons (Fsp3) is 0.923. The highest BCUT2D eigenvalue weighted by atomic mass is 32.1. The van der Waals surface area contributed by atoms with Crippen molar-refractivity contribution >= 4 is 29.2 Å². The van der Waals surface area contributed by atoms with Crippen molar-refractivity contribution in [3.05, 3.63) is 0 Å². The van der Waals surface area contributed by atoms with E-state index in [0.29, 0.717) is 6.61 Å². The molecule has 0 aliphatic carbocycles. The first kappa shape index (κ1) is 16.1. The van der Waals surface area contributed by atoms with E-state index in [1.807, 2.05) is 0 Å². The van der Waals surface area contributed by atoms with Crippen LogP contribution in [0, 0.1) is 0 Å². The average Bonchev–Trinajstić information content (AvgIpc) is 2.25. The van der Waals surface area contributed by atoms with Gasteiger partial charge in [0.2, 0.25) is 0 Å². The van der Waals surface area contributed by atoms with Crippen molar-refractivity contribution in [2.24, 2.45) is 0 Å². The van der Waals surface area contributed by atoms with Gasteiger partial charge in [-0.05, 0) is 6.42 Å². The molecule has 0 rings (SSSR count). The Balaban J connectivity index is 2.90.